The summed E-state index contributed by atoms with van der Waals surface area (Å²) in [5, 5.41) is 8.91. The van der Waals surface area contributed by atoms with E-state index in [-0.39, 0.29) is 11.8 Å². The van der Waals surface area contributed by atoms with Gasteiger partial charge in [-0.05, 0) is 49.9 Å². The zero-order valence-electron chi connectivity index (χ0n) is 11.7. The van der Waals surface area contributed by atoms with E-state index in [2.05, 4.69) is 11.0 Å². The molecule has 1 aromatic rings. The molecule has 0 aliphatic heterocycles. The molecule has 104 valence electrons. The Bertz CT molecular complexity index is 472. The Morgan fingerprint density at radius 2 is 2.26 bits per heavy atom. The van der Waals surface area contributed by atoms with E-state index in [9.17, 15) is 4.79 Å². The number of carbonyl (C=O) groups is 1. The molecule has 0 spiro atoms. The summed E-state index contributed by atoms with van der Waals surface area (Å²) in [5.41, 5.74) is 2.22. The Morgan fingerprint density at radius 3 is 2.79 bits per heavy atom. The largest absolute Gasteiger partial charge is 0.494 e. The zero-order chi connectivity index (χ0) is 14.0. The van der Waals surface area contributed by atoms with Crippen LogP contribution in [0.4, 0.5) is 5.69 Å². The van der Waals surface area contributed by atoms with Gasteiger partial charge in [0.1, 0.15) is 5.75 Å². The van der Waals surface area contributed by atoms with Gasteiger partial charge in [-0.2, -0.15) is 0 Å². The van der Waals surface area contributed by atoms with Crippen LogP contribution in [0.5, 0.6) is 5.75 Å². The fraction of sp³-hybridized carbons (Fsp3) is 0.533. The van der Waals surface area contributed by atoms with E-state index in [1.165, 1.54) is 0 Å². The third-order valence-electron chi connectivity index (χ3n) is 3.65. The lowest BCUT2D eigenvalue weighted by Crippen LogP contribution is -2.21. The van der Waals surface area contributed by atoms with Gasteiger partial charge in [0.05, 0.1) is 12.5 Å². The van der Waals surface area contributed by atoms with E-state index in [1.54, 1.807) is 0 Å². The molecule has 1 fully saturated rings. The minimum Gasteiger partial charge on any atom is -0.494 e. The van der Waals surface area contributed by atoms with Crippen LogP contribution in [0.1, 0.15) is 18.9 Å². The normalized spacial score (nSPS) is 21.0. The van der Waals surface area contributed by atoms with Gasteiger partial charge in [0.15, 0.2) is 0 Å². The molecule has 1 aliphatic carbocycles. The van der Waals surface area contributed by atoms with Gasteiger partial charge in [0.2, 0.25) is 0 Å². The molecule has 0 bridgehead atoms. The molecule has 2 atom stereocenters. The molecule has 0 amide bonds. The van der Waals surface area contributed by atoms with E-state index < -0.39 is 5.97 Å². The van der Waals surface area contributed by atoms with Crippen LogP contribution < -0.4 is 9.64 Å². The van der Waals surface area contributed by atoms with E-state index in [4.69, 9.17) is 9.84 Å². The van der Waals surface area contributed by atoms with Gasteiger partial charge >= 0.3 is 5.97 Å². The fourth-order valence-electron chi connectivity index (χ4n) is 2.40. The maximum atomic E-state index is 10.8. The third-order valence-corrected chi connectivity index (χ3v) is 3.65. The lowest BCUT2D eigenvalue weighted by Gasteiger charge is -2.20. The summed E-state index contributed by atoms with van der Waals surface area (Å²) in [6.07, 6.45) is 0.801. The number of rotatable bonds is 6. The molecule has 19 heavy (non-hydrogen) atoms. The first-order chi connectivity index (χ1) is 9.02. The quantitative estimate of drug-likeness (QED) is 0.857. The molecule has 1 saturated carbocycles. The van der Waals surface area contributed by atoms with Gasteiger partial charge in [0, 0.05) is 19.3 Å². The van der Waals surface area contributed by atoms with Crippen LogP contribution in [0, 0.1) is 18.8 Å². The molecule has 2 rings (SSSR count). The monoisotopic (exact) mass is 263 g/mol. The van der Waals surface area contributed by atoms with Crippen molar-refractivity contribution in [3.63, 3.8) is 0 Å². The first-order valence-electron chi connectivity index (χ1n) is 6.70. The lowest BCUT2D eigenvalue weighted by atomic mass is 10.2. The number of aryl methyl sites for hydroxylation is 1. The van der Waals surface area contributed by atoms with Crippen molar-refractivity contribution in [2.24, 2.45) is 11.8 Å². The van der Waals surface area contributed by atoms with Gasteiger partial charge in [-0.15, -0.1) is 0 Å². The lowest BCUT2D eigenvalue weighted by molar-refractivity contribution is -0.138. The highest BCUT2D eigenvalue weighted by atomic mass is 16.5. The number of benzene rings is 1. The summed E-state index contributed by atoms with van der Waals surface area (Å²) >= 11 is 0. The number of anilines is 1. The number of carboxylic acid groups (broad SMARTS) is 1. The molecule has 0 heterocycles. The second kappa shape index (κ2) is 5.51. The van der Waals surface area contributed by atoms with Crippen LogP contribution in [0.3, 0.4) is 0 Å². The molecular weight excluding hydrogens is 242 g/mol. The molecule has 0 radical (unpaired) electrons. The SMILES string of the molecule is CCOc1ccc(N(C)CC2CC2C(=O)O)cc1C. The highest BCUT2D eigenvalue weighted by Gasteiger charge is 2.43. The third kappa shape index (κ3) is 3.19. The summed E-state index contributed by atoms with van der Waals surface area (Å²) in [6, 6.07) is 6.09. The summed E-state index contributed by atoms with van der Waals surface area (Å²) in [4.78, 5) is 12.9. The molecule has 4 heteroatoms. The van der Waals surface area contributed by atoms with Crippen LogP contribution in [0.25, 0.3) is 0 Å². The number of carboxylic acids is 1. The Labute approximate surface area is 114 Å². The predicted molar refractivity (Wildman–Crippen MR) is 74.9 cm³/mol. The zero-order valence-corrected chi connectivity index (χ0v) is 11.7. The standard InChI is InChI=1S/C15H21NO3/c1-4-19-14-6-5-12(7-10(14)2)16(3)9-11-8-13(11)15(17)18/h5-7,11,13H,4,8-9H2,1-3H3,(H,17,18). The smallest absolute Gasteiger partial charge is 0.306 e. The van der Waals surface area contributed by atoms with Gasteiger partial charge in [-0.3, -0.25) is 4.79 Å². The summed E-state index contributed by atoms with van der Waals surface area (Å²) < 4.78 is 5.52. The van der Waals surface area contributed by atoms with Gasteiger partial charge in [-0.1, -0.05) is 0 Å². The van der Waals surface area contributed by atoms with Crippen LogP contribution >= 0.6 is 0 Å². The number of aliphatic carboxylic acids is 1. The van der Waals surface area contributed by atoms with E-state index >= 15 is 0 Å². The number of ether oxygens (including phenoxy) is 1. The summed E-state index contributed by atoms with van der Waals surface area (Å²) in [6.45, 7) is 5.46. The summed E-state index contributed by atoms with van der Waals surface area (Å²) in [7, 11) is 2.01. The molecule has 1 N–H and O–H groups in total. The van der Waals surface area contributed by atoms with E-state index in [0.29, 0.717) is 6.61 Å². The van der Waals surface area contributed by atoms with Crippen LogP contribution in [-0.4, -0.2) is 31.3 Å². The van der Waals surface area contributed by atoms with Crippen LogP contribution in [0.15, 0.2) is 18.2 Å². The van der Waals surface area contributed by atoms with Crippen molar-refractivity contribution in [1.82, 2.24) is 0 Å². The van der Waals surface area contributed by atoms with Crippen molar-refractivity contribution in [2.75, 3.05) is 25.1 Å². The first-order valence-corrected chi connectivity index (χ1v) is 6.70. The van der Waals surface area contributed by atoms with Crippen molar-refractivity contribution in [3.8, 4) is 5.75 Å². The highest BCUT2D eigenvalue weighted by molar-refractivity contribution is 5.73. The molecule has 0 saturated heterocycles. The second-order valence-electron chi connectivity index (χ2n) is 5.20. The van der Waals surface area contributed by atoms with E-state index in [1.807, 2.05) is 33.0 Å². The average molecular weight is 263 g/mol. The van der Waals surface area contributed by atoms with Crippen LogP contribution in [0.2, 0.25) is 0 Å². The van der Waals surface area contributed by atoms with Gasteiger partial charge < -0.3 is 14.7 Å². The molecule has 0 aromatic heterocycles. The minimum absolute atomic E-state index is 0.147. The highest BCUT2D eigenvalue weighted by Crippen LogP contribution is 2.39. The molecular formula is C15H21NO3. The molecule has 1 aromatic carbocycles. The van der Waals surface area contributed by atoms with Crippen molar-refractivity contribution in [1.29, 1.82) is 0 Å². The Balaban J connectivity index is 1.98. The van der Waals surface area contributed by atoms with Crippen LogP contribution in [-0.2, 0) is 4.79 Å². The average Bonchev–Trinajstić information content (AvgIpc) is 3.11. The topological polar surface area (TPSA) is 49.8 Å². The molecule has 4 nitrogen and oxygen atoms in total. The molecule has 2 unspecified atom stereocenters. The Kier molecular flexibility index (Phi) is 3.98. The second-order valence-corrected chi connectivity index (χ2v) is 5.20. The maximum absolute atomic E-state index is 10.8. The van der Waals surface area contributed by atoms with Crippen molar-refractivity contribution >= 4 is 11.7 Å². The molecule has 1 aliphatic rings. The minimum atomic E-state index is -0.665. The number of nitrogens with zero attached hydrogens (tertiary/aromatic N) is 1. The first kappa shape index (κ1) is 13.7. The fourth-order valence-corrected chi connectivity index (χ4v) is 2.40. The van der Waals surface area contributed by atoms with Gasteiger partial charge in [0.25, 0.3) is 0 Å². The Hall–Kier alpha value is -1.71. The predicted octanol–water partition coefficient (Wildman–Crippen LogP) is 2.55. The maximum Gasteiger partial charge on any atom is 0.306 e. The number of hydrogen-bond donors (Lipinski definition) is 1. The summed E-state index contributed by atoms with van der Waals surface area (Å²) in [5.74, 6) is 0.386. The van der Waals surface area contributed by atoms with Gasteiger partial charge in [-0.25, -0.2) is 0 Å². The Morgan fingerprint density at radius 1 is 1.53 bits per heavy atom. The van der Waals surface area contributed by atoms with E-state index in [0.717, 1.165) is 30.0 Å². The van der Waals surface area contributed by atoms with Crippen molar-refractivity contribution in [3.05, 3.63) is 23.8 Å². The number of hydrogen-bond acceptors (Lipinski definition) is 3. The van der Waals surface area contributed by atoms with Crippen molar-refractivity contribution in [2.45, 2.75) is 20.3 Å². The van der Waals surface area contributed by atoms with Crippen molar-refractivity contribution < 1.29 is 14.6 Å².